The van der Waals surface area contributed by atoms with Gasteiger partial charge in [0.1, 0.15) is 6.61 Å². The molecule has 1 atom stereocenters. The van der Waals surface area contributed by atoms with Gasteiger partial charge < -0.3 is 9.47 Å². The molecule has 1 aromatic heterocycles. The Morgan fingerprint density at radius 1 is 1.56 bits per heavy atom. The molecule has 6 heteroatoms. The van der Waals surface area contributed by atoms with E-state index in [1.165, 1.54) is 11.3 Å². The van der Waals surface area contributed by atoms with Crippen LogP contribution in [-0.4, -0.2) is 32.2 Å². The van der Waals surface area contributed by atoms with Crippen molar-refractivity contribution in [3.05, 3.63) is 19.2 Å². The van der Waals surface area contributed by atoms with Gasteiger partial charge in [-0.05, 0) is 44.8 Å². The molecule has 0 N–H and O–H groups in total. The summed E-state index contributed by atoms with van der Waals surface area (Å²) in [4.78, 5) is 11.8. The number of halogens is 2. The normalized spacial score (nSPS) is 12.8. The van der Waals surface area contributed by atoms with E-state index in [-0.39, 0.29) is 18.5 Å². The van der Waals surface area contributed by atoms with E-state index in [1.807, 2.05) is 6.92 Å². The highest BCUT2D eigenvalue weighted by Crippen LogP contribution is 2.32. The molecule has 0 amide bonds. The first-order valence-electron chi connectivity index (χ1n) is 4.63. The largest absolute Gasteiger partial charge is 0.382 e. The second-order valence-electron chi connectivity index (χ2n) is 3.24. The summed E-state index contributed by atoms with van der Waals surface area (Å²) in [5.41, 5.74) is 0.654. The van der Waals surface area contributed by atoms with Gasteiger partial charge in [0.15, 0.2) is 5.78 Å². The molecule has 0 aliphatic heterocycles. The van der Waals surface area contributed by atoms with Gasteiger partial charge in [0.2, 0.25) is 0 Å². The molecule has 0 aliphatic rings. The van der Waals surface area contributed by atoms with E-state index in [9.17, 15) is 4.79 Å². The van der Waals surface area contributed by atoms with E-state index in [2.05, 4.69) is 31.9 Å². The molecule has 1 aromatic rings. The molecular formula is C10H12Br2O3S. The van der Waals surface area contributed by atoms with Crippen LogP contribution in [0, 0.1) is 0 Å². The highest BCUT2D eigenvalue weighted by atomic mass is 79.9. The summed E-state index contributed by atoms with van der Waals surface area (Å²) in [7, 11) is 1.61. The topological polar surface area (TPSA) is 35.5 Å². The number of carbonyl (C=O) groups excluding carboxylic acids is 1. The molecule has 0 bridgehead atoms. The lowest BCUT2D eigenvalue weighted by atomic mass is 10.2. The van der Waals surface area contributed by atoms with E-state index in [0.29, 0.717) is 12.2 Å². The predicted molar refractivity (Wildman–Crippen MR) is 71.3 cm³/mol. The highest BCUT2D eigenvalue weighted by molar-refractivity contribution is 9.12. The van der Waals surface area contributed by atoms with Crippen LogP contribution in [0.15, 0.2) is 13.6 Å². The number of ether oxygens (including phenoxy) is 2. The Morgan fingerprint density at radius 2 is 2.25 bits per heavy atom. The number of Topliss-reactive ketones (excluding diaryl/α,β-unsaturated/α-hetero) is 1. The maximum atomic E-state index is 11.8. The predicted octanol–water partition coefficient (Wildman–Crippen LogP) is 3.51. The second kappa shape index (κ2) is 6.86. The summed E-state index contributed by atoms with van der Waals surface area (Å²) < 4.78 is 12.0. The van der Waals surface area contributed by atoms with Crippen molar-refractivity contribution < 1.29 is 14.3 Å². The van der Waals surface area contributed by atoms with Crippen LogP contribution in [0.1, 0.15) is 17.3 Å². The van der Waals surface area contributed by atoms with E-state index in [0.717, 1.165) is 7.57 Å². The Morgan fingerprint density at radius 3 is 2.75 bits per heavy atom. The van der Waals surface area contributed by atoms with E-state index < -0.39 is 0 Å². The molecule has 0 aliphatic carbocycles. The van der Waals surface area contributed by atoms with Crippen LogP contribution < -0.4 is 0 Å². The van der Waals surface area contributed by atoms with Crippen molar-refractivity contribution in [2.45, 2.75) is 13.0 Å². The fourth-order valence-corrected chi connectivity index (χ4v) is 3.96. The number of hydrogen-bond acceptors (Lipinski definition) is 4. The zero-order chi connectivity index (χ0) is 12.1. The van der Waals surface area contributed by atoms with Crippen molar-refractivity contribution in [2.24, 2.45) is 0 Å². The molecule has 1 unspecified atom stereocenters. The minimum Gasteiger partial charge on any atom is -0.382 e. The monoisotopic (exact) mass is 370 g/mol. The van der Waals surface area contributed by atoms with Crippen molar-refractivity contribution in [2.75, 3.05) is 20.3 Å². The Labute approximate surface area is 115 Å². The van der Waals surface area contributed by atoms with E-state index in [4.69, 9.17) is 9.47 Å². The van der Waals surface area contributed by atoms with Gasteiger partial charge in [-0.3, -0.25) is 4.79 Å². The third kappa shape index (κ3) is 4.25. The van der Waals surface area contributed by atoms with Crippen molar-refractivity contribution in [1.29, 1.82) is 0 Å². The Kier molecular flexibility index (Phi) is 6.13. The molecule has 90 valence electrons. The smallest absolute Gasteiger partial charge is 0.190 e. The maximum Gasteiger partial charge on any atom is 0.190 e. The molecule has 0 aromatic carbocycles. The van der Waals surface area contributed by atoms with Crippen LogP contribution in [-0.2, 0) is 9.47 Å². The van der Waals surface area contributed by atoms with Crippen LogP contribution in [0.5, 0.6) is 0 Å². The molecular weight excluding hydrogens is 360 g/mol. The Hall–Kier alpha value is 0.250. The molecule has 0 saturated heterocycles. The van der Waals surface area contributed by atoms with Gasteiger partial charge in [-0.25, -0.2) is 0 Å². The van der Waals surface area contributed by atoms with Gasteiger partial charge in [0.05, 0.1) is 20.3 Å². The molecule has 16 heavy (non-hydrogen) atoms. The van der Waals surface area contributed by atoms with E-state index in [1.54, 1.807) is 13.2 Å². The van der Waals surface area contributed by atoms with Crippen molar-refractivity contribution in [3.63, 3.8) is 0 Å². The molecule has 3 nitrogen and oxygen atoms in total. The standard InChI is InChI=1S/C10H12Br2O3S/c1-6(4-14-2)15-5-8(13)7-3-9(11)16-10(7)12/h3,6H,4-5H2,1-2H3. The van der Waals surface area contributed by atoms with Crippen LogP contribution in [0.2, 0.25) is 0 Å². The fraction of sp³-hybridized carbons (Fsp3) is 0.500. The SMILES string of the molecule is COCC(C)OCC(=O)c1cc(Br)sc1Br. The minimum absolute atomic E-state index is 0.0308. The summed E-state index contributed by atoms with van der Waals surface area (Å²) in [5.74, 6) is -0.0308. The van der Waals surface area contributed by atoms with Gasteiger partial charge in [-0.15, -0.1) is 11.3 Å². The molecule has 0 fully saturated rings. The van der Waals surface area contributed by atoms with Gasteiger partial charge in [-0.1, -0.05) is 0 Å². The first kappa shape index (κ1) is 14.3. The number of rotatable bonds is 6. The van der Waals surface area contributed by atoms with Crippen LogP contribution in [0.25, 0.3) is 0 Å². The summed E-state index contributed by atoms with van der Waals surface area (Å²) in [5, 5.41) is 0. The zero-order valence-electron chi connectivity index (χ0n) is 8.96. The quantitative estimate of drug-likeness (QED) is 0.718. The average molecular weight is 372 g/mol. The lowest BCUT2D eigenvalue weighted by molar-refractivity contribution is 0.0125. The maximum absolute atomic E-state index is 11.8. The number of ketones is 1. The first-order chi connectivity index (χ1) is 7.54. The van der Waals surface area contributed by atoms with E-state index >= 15 is 0 Å². The summed E-state index contributed by atoms with van der Waals surface area (Å²) in [6.45, 7) is 2.43. The van der Waals surface area contributed by atoms with Gasteiger partial charge >= 0.3 is 0 Å². The summed E-state index contributed by atoms with van der Waals surface area (Å²) in [6.07, 6.45) is -0.0743. The first-order valence-corrected chi connectivity index (χ1v) is 7.03. The highest BCUT2D eigenvalue weighted by Gasteiger charge is 2.14. The molecule has 1 heterocycles. The van der Waals surface area contributed by atoms with Gasteiger partial charge in [0, 0.05) is 12.7 Å². The Bertz CT molecular complexity index is 365. The van der Waals surface area contributed by atoms with Crippen LogP contribution in [0.3, 0.4) is 0 Å². The minimum atomic E-state index is -0.0743. The zero-order valence-corrected chi connectivity index (χ0v) is 12.9. The average Bonchev–Trinajstić information content (AvgIpc) is 2.55. The second-order valence-corrected chi connectivity index (χ2v) is 6.99. The fourth-order valence-electron chi connectivity index (χ4n) is 1.11. The Balaban J connectivity index is 2.50. The molecule has 0 radical (unpaired) electrons. The number of carbonyl (C=O) groups is 1. The summed E-state index contributed by atoms with van der Waals surface area (Å²) >= 11 is 8.15. The molecule has 0 spiro atoms. The van der Waals surface area contributed by atoms with Crippen LogP contribution >= 0.6 is 43.2 Å². The molecule has 1 rings (SSSR count). The lowest BCUT2D eigenvalue weighted by Crippen LogP contribution is -2.19. The number of hydrogen-bond donors (Lipinski definition) is 0. The third-order valence-electron chi connectivity index (χ3n) is 1.86. The number of methoxy groups -OCH3 is 1. The van der Waals surface area contributed by atoms with Crippen molar-refractivity contribution in [3.8, 4) is 0 Å². The lowest BCUT2D eigenvalue weighted by Gasteiger charge is -2.10. The van der Waals surface area contributed by atoms with Crippen molar-refractivity contribution >= 4 is 49.0 Å². The van der Waals surface area contributed by atoms with Crippen LogP contribution in [0.4, 0.5) is 0 Å². The summed E-state index contributed by atoms with van der Waals surface area (Å²) in [6, 6.07) is 1.79. The van der Waals surface area contributed by atoms with Gasteiger partial charge in [0.25, 0.3) is 0 Å². The van der Waals surface area contributed by atoms with Crippen molar-refractivity contribution in [1.82, 2.24) is 0 Å². The van der Waals surface area contributed by atoms with Gasteiger partial charge in [-0.2, -0.15) is 0 Å². The molecule has 0 saturated carbocycles. The number of thiophene rings is 1. The third-order valence-corrected chi connectivity index (χ3v) is 4.20.